The minimum atomic E-state index is -4.57. The number of hydrogen-bond acceptors (Lipinski definition) is 3. The van der Waals surface area contributed by atoms with E-state index in [0.29, 0.717) is 0 Å². The predicted molar refractivity (Wildman–Crippen MR) is 63.6 cm³/mol. The maximum atomic E-state index is 12.7. The van der Waals surface area contributed by atoms with E-state index in [2.05, 4.69) is 10.6 Å². The number of alkyl halides is 3. The van der Waals surface area contributed by atoms with Gasteiger partial charge in [0.2, 0.25) is 5.91 Å². The van der Waals surface area contributed by atoms with Gasteiger partial charge in [-0.1, -0.05) is 17.7 Å². The molecule has 0 aliphatic rings. The maximum Gasteiger partial charge on any atom is 0.418 e. The summed E-state index contributed by atoms with van der Waals surface area (Å²) in [6.07, 6.45) is -4.57. The Bertz CT molecular complexity index is 511. The van der Waals surface area contributed by atoms with Crippen molar-refractivity contribution in [3.05, 3.63) is 28.8 Å². The normalized spacial score (nSPS) is 10.7. The number of benzene rings is 1. The summed E-state index contributed by atoms with van der Waals surface area (Å²) in [4.78, 5) is 11.2. The Hall–Kier alpha value is -1.94. The fourth-order valence-corrected chi connectivity index (χ4v) is 1.55. The first-order valence-electron chi connectivity index (χ1n) is 5.09. The molecule has 102 valence electrons. The Morgan fingerprint density at radius 2 is 2.11 bits per heavy atom. The molecule has 0 saturated heterocycles. The molecule has 0 bridgehead atoms. The van der Waals surface area contributed by atoms with Crippen molar-refractivity contribution in [2.45, 2.75) is 6.18 Å². The Kier molecular flexibility index (Phi) is 5.01. The second-order valence-corrected chi connectivity index (χ2v) is 3.86. The van der Waals surface area contributed by atoms with Crippen LogP contribution in [0.25, 0.3) is 0 Å². The lowest BCUT2D eigenvalue weighted by Crippen LogP contribution is -2.30. The number of para-hydroxylation sites is 1. The molecular formula is C11H9ClF3N3O. The summed E-state index contributed by atoms with van der Waals surface area (Å²) in [5.41, 5.74) is -1.31. The van der Waals surface area contributed by atoms with Crippen molar-refractivity contribution in [1.29, 1.82) is 5.26 Å². The molecule has 1 aromatic rings. The van der Waals surface area contributed by atoms with Crippen LogP contribution >= 0.6 is 11.6 Å². The van der Waals surface area contributed by atoms with Crippen molar-refractivity contribution in [3.8, 4) is 6.07 Å². The molecule has 0 aliphatic heterocycles. The van der Waals surface area contributed by atoms with Crippen molar-refractivity contribution in [2.24, 2.45) is 0 Å². The molecule has 0 unspecified atom stereocenters. The summed E-state index contributed by atoms with van der Waals surface area (Å²) in [6.45, 7) is -0.621. The average molecular weight is 292 g/mol. The van der Waals surface area contributed by atoms with E-state index in [1.807, 2.05) is 0 Å². The number of carbonyl (C=O) groups is 1. The number of nitrogens with one attached hydrogen (secondary N) is 2. The van der Waals surface area contributed by atoms with Crippen molar-refractivity contribution in [2.75, 3.05) is 18.4 Å². The molecular weight excluding hydrogens is 283 g/mol. The van der Waals surface area contributed by atoms with Crippen molar-refractivity contribution in [1.82, 2.24) is 5.32 Å². The van der Waals surface area contributed by atoms with Gasteiger partial charge in [0, 0.05) is 0 Å². The molecule has 1 amide bonds. The fraction of sp³-hybridized carbons (Fsp3) is 0.273. The molecule has 1 aromatic carbocycles. The third kappa shape index (κ3) is 4.34. The van der Waals surface area contributed by atoms with Crippen LogP contribution in [-0.2, 0) is 11.0 Å². The number of nitriles is 1. The van der Waals surface area contributed by atoms with Crippen molar-refractivity contribution in [3.63, 3.8) is 0 Å². The zero-order valence-electron chi connectivity index (χ0n) is 9.51. The van der Waals surface area contributed by atoms with Gasteiger partial charge in [0.15, 0.2) is 0 Å². The van der Waals surface area contributed by atoms with E-state index in [0.717, 1.165) is 6.07 Å². The van der Waals surface area contributed by atoms with Crippen LogP contribution in [0, 0.1) is 11.3 Å². The molecule has 0 aromatic heterocycles. The Labute approximate surface area is 112 Å². The number of rotatable bonds is 4. The van der Waals surface area contributed by atoms with Gasteiger partial charge in [-0.05, 0) is 12.1 Å². The van der Waals surface area contributed by atoms with Gasteiger partial charge < -0.3 is 10.6 Å². The van der Waals surface area contributed by atoms with Crippen LogP contribution in [0.15, 0.2) is 18.2 Å². The first-order valence-corrected chi connectivity index (χ1v) is 5.47. The quantitative estimate of drug-likeness (QED) is 0.837. The second-order valence-electron chi connectivity index (χ2n) is 3.45. The van der Waals surface area contributed by atoms with Crippen LogP contribution in [0.1, 0.15) is 5.56 Å². The van der Waals surface area contributed by atoms with Crippen LogP contribution in [-0.4, -0.2) is 19.0 Å². The van der Waals surface area contributed by atoms with Crippen LogP contribution in [0.2, 0.25) is 5.02 Å². The highest BCUT2D eigenvalue weighted by Crippen LogP contribution is 2.38. The smallest absolute Gasteiger partial charge is 0.374 e. The minimum Gasteiger partial charge on any atom is -0.374 e. The lowest BCUT2D eigenvalue weighted by molar-refractivity contribution is -0.137. The number of carbonyl (C=O) groups excluding carboxylic acids is 1. The highest BCUT2D eigenvalue weighted by atomic mass is 35.5. The third-order valence-corrected chi connectivity index (χ3v) is 2.42. The van der Waals surface area contributed by atoms with Crippen LogP contribution in [0.4, 0.5) is 18.9 Å². The van der Waals surface area contributed by atoms with Gasteiger partial charge in [-0.15, -0.1) is 0 Å². The van der Waals surface area contributed by atoms with Crippen LogP contribution in [0.5, 0.6) is 0 Å². The van der Waals surface area contributed by atoms with E-state index in [4.69, 9.17) is 16.9 Å². The van der Waals surface area contributed by atoms with E-state index in [9.17, 15) is 18.0 Å². The topological polar surface area (TPSA) is 64.9 Å². The molecule has 0 atom stereocenters. The van der Waals surface area contributed by atoms with E-state index in [1.54, 1.807) is 6.07 Å². The third-order valence-electron chi connectivity index (χ3n) is 2.11. The number of hydrogen-bond donors (Lipinski definition) is 2. The standard InChI is InChI=1S/C11H9ClF3N3O/c12-8-3-1-2-7(11(13,14)15)10(8)18-6-9(19)17-5-4-16/h1-3,18H,5-6H2,(H,17,19). The maximum absolute atomic E-state index is 12.7. The molecule has 0 radical (unpaired) electrons. The Morgan fingerprint density at radius 1 is 1.42 bits per heavy atom. The monoisotopic (exact) mass is 291 g/mol. The van der Waals surface area contributed by atoms with Crippen LogP contribution in [0.3, 0.4) is 0 Å². The molecule has 0 fully saturated rings. The van der Waals surface area contributed by atoms with E-state index in [-0.39, 0.29) is 17.3 Å². The average Bonchev–Trinajstić information content (AvgIpc) is 2.33. The largest absolute Gasteiger partial charge is 0.418 e. The number of amides is 1. The molecule has 2 N–H and O–H groups in total. The number of nitrogens with zero attached hydrogens (tertiary/aromatic N) is 1. The fourth-order valence-electron chi connectivity index (χ4n) is 1.31. The zero-order valence-corrected chi connectivity index (χ0v) is 10.3. The molecule has 8 heteroatoms. The Morgan fingerprint density at radius 3 is 2.68 bits per heavy atom. The van der Waals surface area contributed by atoms with E-state index in [1.165, 1.54) is 12.1 Å². The van der Waals surface area contributed by atoms with Gasteiger partial charge in [-0.3, -0.25) is 4.79 Å². The van der Waals surface area contributed by atoms with Crippen LogP contribution < -0.4 is 10.6 Å². The van der Waals surface area contributed by atoms with Gasteiger partial charge >= 0.3 is 6.18 Å². The minimum absolute atomic E-state index is 0.136. The number of anilines is 1. The first kappa shape index (κ1) is 15.1. The van der Waals surface area contributed by atoms with Crippen molar-refractivity contribution < 1.29 is 18.0 Å². The summed E-state index contributed by atoms with van der Waals surface area (Å²) in [6, 6.07) is 5.00. The Balaban J connectivity index is 2.84. The molecule has 0 aliphatic carbocycles. The van der Waals surface area contributed by atoms with Crippen molar-refractivity contribution >= 4 is 23.2 Å². The van der Waals surface area contributed by atoms with E-state index < -0.39 is 24.2 Å². The molecule has 19 heavy (non-hydrogen) atoms. The summed E-state index contributed by atoms with van der Waals surface area (Å²) >= 11 is 5.68. The first-order chi connectivity index (χ1) is 8.86. The summed E-state index contributed by atoms with van der Waals surface area (Å²) in [5.74, 6) is -0.602. The lowest BCUT2D eigenvalue weighted by atomic mass is 10.1. The highest BCUT2D eigenvalue weighted by Gasteiger charge is 2.34. The lowest BCUT2D eigenvalue weighted by Gasteiger charge is -2.15. The van der Waals surface area contributed by atoms with Gasteiger partial charge in [0.05, 0.1) is 28.9 Å². The summed E-state index contributed by atoms with van der Waals surface area (Å²) < 4.78 is 38.1. The molecule has 4 nitrogen and oxygen atoms in total. The predicted octanol–water partition coefficient (Wildman–Crippen LogP) is 2.41. The SMILES string of the molecule is N#CCNC(=O)CNc1c(Cl)cccc1C(F)(F)F. The van der Waals surface area contributed by atoms with Gasteiger partial charge in [0.25, 0.3) is 0 Å². The van der Waals surface area contributed by atoms with Gasteiger partial charge in [-0.25, -0.2) is 0 Å². The molecule has 0 heterocycles. The molecule has 1 rings (SSSR count). The van der Waals surface area contributed by atoms with E-state index >= 15 is 0 Å². The molecule has 0 saturated carbocycles. The highest BCUT2D eigenvalue weighted by molar-refractivity contribution is 6.33. The molecule has 0 spiro atoms. The second kappa shape index (κ2) is 6.29. The van der Waals surface area contributed by atoms with Gasteiger partial charge in [0.1, 0.15) is 6.54 Å². The number of halogens is 4. The van der Waals surface area contributed by atoms with Gasteiger partial charge in [-0.2, -0.15) is 18.4 Å². The summed E-state index contributed by atoms with van der Waals surface area (Å²) in [7, 11) is 0. The summed E-state index contributed by atoms with van der Waals surface area (Å²) in [5, 5.41) is 12.6. The zero-order chi connectivity index (χ0) is 14.5.